The molecule has 96 valence electrons. The van der Waals surface area contributed by atoms with Crippen molar-refractivity contribution >= 4 is 23.8 Å². The fourth-order valence-corrected chi connectivity index (χ4v) is 1.32. The highest BCUT2D eigenvalue weighted by molar-refractivity contribution is 6.16. The summed E-state index contributed by atoms with van der Waals surface area (Å²) in [6.45, 7) is 4.82. The van der Waals surface area contributed by atoms with E-state index >= 15 is 0 Å². The number of carboxylic acid groups (broad SMARTS) is 1. The van der Waals surface area contributed by atoms with Crippen LogP contribution in [0.15, 0.2) is 0 Å². The van der Waals surface area contributed by atoms with E-state index in [2.05, 4.69) is 5.32 Å². The van der Waals surface area contributed by atoms with Crippen LogP contribution in [0.1, 0.15) is 27.2 Å². The van der Waals surface area contributed by atoms with Crippen LogP contribution in [0, 0.1) is 5.92 Å². The van der Waals surface area contributed by atoms with Gasteiger partial charge in [-0.25, -0.2) is 4.79 Å². The van der Waals surface area contributed by atoms with Gasteiger partial charge in [0.2, 0.25) is 11.8 Å². The van der Waals surface area contributed by atoms with Gasteiger partial charge in [0.1, 0.15) is 5.92 Å². The topological polar surface area (TPSA) is 104 Å². The molecule has 0 aromatic rings. The lowest BCUT2D eigenvalue weighted by molar-refractivity contribution is -0.142. The molecule has 1 aliphatic heterocycles. The van der Waals surface area contributed by atoms with Crippen molar-refractivity contribution < 1.29 is 24.3 Å². The standard InChI is InChI=1S/C8H12N2O3.C2H4O2/c1-3-5-6(11)9-8(13)10(4-2)7(5)12;1-2(3)4/h5H,3-4H2,1-2H3,(H,9,11,13);1H3,(H,3,4). The van der Waals surface area contributed by atoms with Gasteiger partial charge in [-0.2, -0.15) is 0 Å². The minimum absolute atomic E-state index is 0.300. The molecule has 0 aliphatic carbocycles. The largest absolute Gasteiger partial charge is 0.481 e. The number of carbonyl (C=O) groups is 4. The van der Waals surface area contributed by atoms with Gasteiger partial charge in [-0.3, -0.25) is 24.6 Å². The van der Waals surface area contributed by atoms with Crippen molar-refractivity contribution in [2.45, 2.75) is 27.2 Å². The van der Waals surface area contributed by atoms with Crippen molar-refractivity contribution in [3.63, 3.8) is 0 Å². The predicted octanol–water partition coefficient (Wildman–Crippen LogP) is 0.202. The molecule has 0 aromatic carbocycles. The lowest BCUT2D eigenvalue weighted by Crippen LogP contribution is -2.57. The average molecular weight is 244 g/mol. The van der Waals surface area contributed by atoms with Crippen LogP contribution in [0.4, 0.5) is 4.79 Å². The maximum absolute atomic E-state index is 11.5. The molecule has 4 amide bonds. The highest BCUT2D eigenvalue weighted by Crippen LogP contribution is 2.12. The SMILES string of the molecule is CC(=O)O.CCC1C(=O)NC(=O)N(CC)C1=O. The first kappa shape index (κ1) is 15.1. The van der Waals surface area contributed by atoms with Gasteiger partial charge in [-0.05, 0) is 13.3 Å². The zero-order valence-electron chi connectivity index (χ0n) is 10.0. The van der Waals surface area contributed by atoms with Crippen LogP contribution in [0.5, 0.6) is 0 Å². The lowest BCUT2D eigenvalue weighted by atomic mass is 10.0. The molecular weight excluding hydrogens is 228 g/mol. The number of nitrogens with zero attached hydrogens (tertiary/aromatic N) is 1. The Morgan fingerprint density at radius 2 is 1.82 bits per heavy atom. The number of amides is 4. The molecule has 1 unspecified atom stereocenters. The second-order valence-corrected chi connectivity index (χ2v) is 3.36. The van der Waals surface area contributed by atoms with Gasteiger partial charge in [0.15, 0.2) is 0 Å². The summed E-state index contributed by atoms with van der Waals surface area (Å²) in [6.07, 6.45) is 0.425. The first-order valence-corrected chi connectivity index (χ1v) is 5.20. The summed E-state index contributed by atoms with van der Waals surface area (Å²) in [7, 11) is 0. The van der Waals surface area contributed by atoms with E-state index in [4.69, 9.17) is 9.90 Å². The highest BCUT2D eigenvalue weighted by Gasteiger charge is 2.38. The van der Waals surface area contributed by atoms with Gasteiger partial charge < -0.3 is 5.11 Å². The van der Waals surface area contributed by atoms with Crippen LogP contribution in [0.2, 0.25) is 0 Å². The number of imide groups is 2. The van der Waals surface area contributed by atoms with Gasteiger partial charge >= 0.3 is 6.03 Å². The molecular formula is C10H16N2O5. The Morgan fingerprint density at radius 1 is 1.35 bits per heavy atom. The number of hydrogen-bond acceptors (Lipinski definition) is 4. The average Bonchev–Trinajstić information content (AvgIpc) is 2.17. The number of carboxylic acids is 1. The molecule has 0 aromatic heterocycles. The quantitative estimate of drug-likeness (QED) is 0.675. The van der Waals surface area contributed by atoms with E-state index < -0.39 is 29.7 Å². The Labute approximate surface area is 98.8 Å². The molecule has 0 saturated carbocycles. The number of barbiturate groups is 1. The zero-order chi connectivity index (χ0) is 13.6. The molecule has 1 aliphatic rings. The Hall–Kier alpha value is -1.92. The fourth-order valence-electron chi connectivity index (χ4n) is 1.32. The van der Waals surface area contributed by atoms with Crippen molar-refractivity contribution in [3.8, 4) is 0 Å². The second kappa shape index (κ2) is 6.62. The van der Waals surface area contributed by atoms with E-state index in [0.29, 0.717) is 13.0 Å². The van der Waals surface area contributed by atoms with E-state index in [9.17, 15) is 14.4 Å². The maximum Gasteiger partial charge on any atom is 0.330 e. The van der Waals surface area contributed by atoms with Gasteiger partial charge in [0, 0.05) is 13.5 Å². The maximum atomic E-state index is 11.5. The summed E-state index contributed by atoms with van der Waals surface area (Å²) in [5.41, 5.74) is 0. The smallest absolute Gasteiger partial charge is 0.330 e. The van der Waals surface area contributed by atoms with Crippen molar-refractivity contribution in [2.24, 2.45) is 5.92 Å². The Balaban J connectivity index is 0.000000557. The lowest BCUT2D eigenvalue weighted by Gasteiger charge is -2.28. The second-order valence-electron chi connectivity index (χ2n) is 3.36. The molecule has 7 heteroatoms. The van der Waals surface area contributed by atoms with E-state index in [-0.39, 0.29) is 0 Å². The third-order valence-corrected chi connectivity index (χ3v) is 2.08. The number of aliphatic carboxylic acids is 1. The number of nitrogens with one attached hydrogen (secondary N) is 1. The highest BCUT2D eigenvalue weighted by atomic mass is 16.4. The molecule has 0 bridgehead atoms. The van der Waals surface area contributed by atoms with E-state index in [1.54, 1.807) is 13.8 Å². The first-order valence-electron chi connectivity index (χ1n) is 5.20. The van der Waals surface area contributed by atoms with E-state index in [1.165, 1.54) is 0 Å². The van der Waals surface area contributed by atoms with Crippen LogP contribution in [0.25, 0.3) is 0 Å². The monoisotopic (exact) mass is 244 g/mol. The summed E-state index contributed by atoms with van der Waals surface area (Å²) in [5.74, 6) is -2.40. The van der Waals surface area contributed by atoms with Gasteiger partial charge in [0.25, 0.3) is 5.97 Å². The molecule has 0 radical (unpaired) electrons. The molecule has 1 fully saturated rings. The van der Waals surface area contributed by atoms with Crippen LogP contribution >= 0.6 is 0 Å². The Morgan fingerprint density at radius 3 is 2.18 bits per heavy atom. The van der Waals surface area contributed by atoms with Crippen LogP contribution < -0.4 is 5.32 Å². The number of carbonyl (C=O) groups excluding carboxylic acids is 3. The van der Waals surface area contributed by atoms with Crippen LogP contribution in [0.3, 0.4) is 0 Å². The molecule has 1 rings (SSSR count). The van der Waals surface area contributed by atoms with Crippen LogP contribution in [-0.2, 0) is 14.4 Å². The fraction of sp³-hybridized carbons (Fsp3) is 0.600. The van der Waals surface area contributed by atoms with Gasteiger partial charge in [0.05, 0.1) is 0 Å². The molecule has 2 N–H and O–H groups in total. The van der Waals surface area contributed by atoms with Crippen molar-refractivity contribution in [1.82, 2.24) is 10.2 Å². The molecule has 0 spiro atoms. The first-order chi connectivity index (χ1) is 7.84. The predicted molar refractivity (Wildman–Crippen MR) is 58.0 cm³/mol. The Bertz CT molecular complexity index is 312. The molecule has 1 saturated heterocycles. The third-order valence-electron chi connectivity index (χ3n) is 2.08. The van der Waals surface area contributed by atoms with Gasteiger partial charge in [-0.1, -0.05) is 6.92 Å². The summed E-state index contributed by atoms with van der Waals surface area (Å²) in [4.78, 5) is 43.7. The normalized spacial score (nSPS) is 19.4. The van der Waals surface area contributed by atoms with Crippen molar-refractivity contribution in [3.05, 3.63) is 0 Å². The molecule has 1 atom stereocenters. The summed E-state index contributed by atoms with van der Waals surface area (Å²) in [6, 6.07) is -0.609. The van der Waals surface area contributed by atoms with Crippen molar-refractivity contribution in [2.75, 3.05) is 6.54 Å². The van der Waals surface area contributed by atoms with Crippen molar-refractivity contribution in [1.29, 1.82) is 0 Å². The number of hydrogen-bond donors (Lipinski definition) is 2. The van der Waals surface area contributed by atoms with E-state index in [1.807, 2.05) is 0 Å². The van der Waals surface area contributed by atoms with E-state index in [0.717, 1.165) is 11.8 Å². The summed E-state index contributed by atoms with van der Waals surface area (Å²) >= 11 is 0. The van der Waals surface area contributed by atoms with Crippen LogP contribution in [-0.4, -0.2) is 40.4 Å². The molecule has 7 nitrogen and oxygen atoms in total. The summed E-state index contributed by atoms with van der Waals surface area (Å²) in [5, 5.41) is 9.56. The minimum atomic E-state index is -0.833. The third kappa shape index (κ3) is 4.21. The Kier molecular flexibility index (Phi) is 5.87. The molecule has 17 heavy (non-hydrogen) atoms. The minimum Gasteiger partial charge on any atom is -0.481 e. The summed E-state index contributed by atoms with van der Waals surface area (Å²) < 4.78 is 0. The molecule has 1 heterocycles. The van der Waals surface area contributed by atoms with Gasteiger partial charge in [-0.15, -0.1) is 0 Å². The number of rotatable bonds is 2. The number of urea groups is 1. The zero-order valence-corrected chi connectivity index (χ0v) is 10.0.